The molecule has 1 atom stereocenters. The Bertz CT molecular complexity index is 291. The predicted molar refractivity (Wildman–Crippen MR) is 44.9 cm³/mol. The highest BCUT2D eigenvalue weighted by Crippen LogP contribution is 2.17. The lowest BCUT2D eigenvalue weighted by Crippen LogP contribution is -2.17. The van der Waals surface area contributed by atoms with Gasteiger partial charge < -0.3 is 4.84 Å². The van der Waals surface area contributed by atoms with Crippen LogP contribution in [0.3, 0.4) is 0 Å². The third-order valence-electron chi connectivity index (χ3n) is 1.72. The van der Waals surface area contributed by atoms with Gasteiger partial charge in [0.25, 0.3) is 0 Å². The van der Waals surface area contributed by atoms with Crippen LogP contribution in [0.25, 0.3) is 0 Å². The normalized spacial score (nSPS) is 12.9. The van der Waals surface area contributed by atoms with Crippen molar-refractivity contribution < 1.29 is 13.6 Å². The van der Waals surface area contributed by atoms with Crippen molar-refractivity contribution in [2.45, 2.75) is 13.0 Å². The van der Waals surface area contributed by atoms with Crippen LogP contribution in [0.2, 0.25) is 0 Å². The fraction of sp³-hybridized carbons (Fsp3) is 0.333. The van der Waals surface area contributed by atoms with Gasteiger partial charge in [0.05, 0.1) is 13.2 Å². The summed E-state index contributed by atoms with van der Waals surface area (Å²) in [6.45, 7) is 1.72. The summed E-state index contributed by atoms with van der Waals surface area (Å²) in [4.78, 5) is 4.63. The third-order valence-corrected chi connectivity index (χ3v) is 1.72. The first-order chi connectivity index (χ1) is 6.15. The fourth-order valence-electron chi connectivity index (χ4n) is 1.09. The predicted octanol–water partition coefficient (Wildman–Crippen LogP) is 2.18. The maximum absolute atomic E-state index is 13.1. The number of hydroxylamine groups is 1. The minimum absolute atomic E-state index is 0.300. The van der Waals surface area contributed by atoms with Gasteiger partial charge in [0.15, 0.2) is 0 Å². The minimum Gasteiger partial charge on any atom is -0.305 e. The van der Waals surface area contributed by atoms with Crippen LogP contribution in [0.15, 0.2) is 18.2 Å². The average molecular weight is 187 g/mol. The van der Waals surface area contributed by atoms with Crippen molar-refractivity contribution in [3.8, 4) is 0 Å². The Labute approximate surface area is 75.5 Å². The van der Waals surface area contributed by atoms with E-state index >= 15 is 0 Å². The summed E-state index contributed by atoms with van der Waals surface area (Å²) in [5.41, 5.74) is 2.94. The van der Waals surface area contributed by atoms with Gasteiger partial charge in [0.1, 0.15) is 11.6 Å². The van der Waals surface area contributed by atoms with Crippen molar-refractivity contribution in [2.75, 3.05) is 7.11 Å². The molecule has 0 heterocycles. The van der Waals surface area contributed by atoms with E-state index in [9.17, 15) is 8.78 Å². The molecule has 1 aromatic carbocycles. The van der Waals surface area contributed by atoms with Crippen LogP contribution in [0.4, 0.5) is 8.78 Å². The van der Waals surface area contributed by atoms with Gasteiger partial charge in [-0.3, -0.25) is 0 Å². The minimum atomic E-state index is -0.578. The SMILES string of the molecule is CONC(C)c1ccc(F)cc1F. The van der Waals surface area contributed by atoms with Crippen molar-refractivity contribution >= 4 is 0 Å². The zero-order chi connectivity index (χ0) is 9.84. The molecular weight excluding hydrogens is 176 g/mol. The van der Waals surface area contributed by atoms with Crippen LogP contribution in [-0.4, -0.2) is 7.11 Å². The van der Waals surface area contributed by atoms with Gasteiger partial charge in [-0.25, -0.2) is 8.78 Å². The number of hydrogen-bond donors (Lipinski definition) is 1. The lowest BCUT2D eigenvalue weighted by atomic mass is 10.1. The molecule has 0 aliphatic heterocycles. The molecule has 0 radical (unpaired) electrons. The van der Waals surface area contributed by atoms with Gasteiger partial charge >= 0.3 is 0 Å². The standard InChI is InChI=1S/C9H11F2NO/c1-6(12-13-2)8-4-3-7(10)5-9(8)11/h3-6,12H,1-2H3. The van der Waals surface area contributed by atoms with Crippen LogP contribution in [-0.2, 0) is 4.84 Å². The number of hydrogen-bond acceptors (Lipinski definition) is 2. The monoisotopic (exact) mass is 187 g/mol. The van der Waals surface area contributed by atoms with Gasteiger partial charge in [0.2, 0.25) is 0 Å². The zero-order valence-electron chi connectivity index (χ0n) is 7.47. The lowest BCUT2D eigenvalue weighted by molar-refractivity contribution is 0.0648. The number of benzene rings is 1. The van der Waals surface area contributed by atoms with Crippen molar-refractivity contribution in [3.63, 3.8) is 0 Å². The van der Waals surface area contributed by atoms with Gasteiger partial charge in [0, 0.05) is 11.6 Å². The van der Waals surface area contributed by atoms with Gasteiger partial charge in [-0.1, -0.05) is 6.07 Å². The Hall–Kier alpha value is -1.00. The molecule has 0 saturated heterocycles. The highest BCUT2D eigenvalue weighted by atomic mass is 19.1. The molecule has 0 amide bonds. The maximum Gasteiger partial charge on any atom is 0.130 e. The van der Waals surface area contributed by atoms with Gasteiger partial charge in [-0.2, -0.15) is 5.48 Å². The molecule has 1 rings (SSSR count). The van der Waals surface area contributed by atoms with E-state index in [1.54, 1.807) is 6.92 Å². The summed E-state index contributed by atoms with van der Waals surface area (Å²) in [7, 11) is 1.44. The quantitative estimate of drug-likeness (QED) is 0.732. The summed E-state index contributed by atoms with van der Waals surface area (Å²) < 4.78 is 25.6. The highest BCUT2D eigenvalue weighted by Gasteiger charge is 2.10. The Balaban J connectivity index is 2.88. The van der Waals surface area contributed by atoms with E-state index in [4.69, 9.17) is 0 Å². The number of rotatable bonds is 3. The van der Waals surface area contributed by atoms with E-state index in [-0.39, 0.29) is 6.04 Å². The lowest BCUT2D eigenvalue weighted by Gasteiger charge is -2.12. The summed E-state index contributed by atoms with van der Waals surface area (Å²) >= 11 is 0. The van der Waals surface area contributed by atoms with Crippen LogP contribution in [0.5, 0.6) is 0 Å². The second-order valence-corrected chi connectivity index (χ2v) is 2.71. The summed E-state index contributed by atoms with van der Waals surface area (Å²) in [6.07, 6.45) is 0. The van der Waals surface area contributed by atoms with E-state index in [1.165, 1.54) is 19.2 Å². The van der Waals surface area contributed by atoms with Crippen LogP contribution >= 0.6 is 0 Å². The molecule has 1 N–H and O–H groups in total. The van der Waals surface area contributed by atoms with E-state index in [0.29, 0.717) is 5.56 Å². The highest BCUT2D eigenvalue weighted by molar-refractivity contribution is 5.21. The van der Waals surface area contributed by atoms with E-state index in [1.807, 2.05) is 0 Å². The molecule has 0 aliphatic rings. The smallest absolute Gasteiger partial charge is 0.130 e. The molecule has 2 nitrogen and oxygen atoms in total. The molecule has 0 spiro atoms. The Morgan fingerprint density at radius 3 is 2.62 bits per heavy atom. The summed E-state index contributed by atoms with van der Waals surface area (Å²) in [5.74, 6) is -1.15. The van der Waals surface area contributed by atoms with Gasteiger partial charge in [-0.15, -0.1) is 0 Å². The molecule has 72 valence electrons. The van der Waals surface area contributed by atoms with Crippen molar-refractivity contribution in [1.82, 2.24) is 5.48 Å². The molecule has 0 fully saturated rings. The third kappa shape index (κ3) is 2.47. The van der Waals surface area contributed by atoms with Gasteiger partial charge in [-0.05, 0) is 13.0 Å². The first-order valence-electron chi connectivity index (χ1n) is 3.88. The molecule has 1 unspecified atom stereocenters. The molecule has 13 heavy (non-hydrogen) atoms. The second kappa shape index (κ2) is 4.30. The Kier molecular flexibility index (Phi) is 3.33. The first kappa shape index (κ1) is 10.1. The van der Waals surface area contributed by atoms with Crippen LogP contribution in [0, 0.1) is 11.6 Å². The van der Waals surface area contributed by atoms with Crippen molar-refractivity contribution in [1.29, 1.82) is 0 Å². The molecule has 0 aromatic heterocycles. The molecule has 1 aromatic rings. The zero-order valence-corrected chi connectivity index (χ0v) is 7.47. The molecule has 0 bridgehead atoms. The van der Waals surface area contributed by atoms with E-state index in [0.717, 1.165) is 6.07 Å². The van der Waals surface area contributed by atoms with Crippen molar-refractivity contribution in [2.24, 2.45) is 0 Å². The maximum atomic E-state index is 13.1. The number of halogens is 2. The van der Waals surface area contributed by atoms with E-state index < -0.39 is 11.6 Å². The van der Waals surface area contributed by atoms with Crippen LogP contribution in [0.1, 0.15) is 18.5 Å². The van der Waals surface area contributed by atoms with Crippen LogP contribution < -0.4 is 5.48 Å². The molecule has 0 saturated carbocycles. The summed E-state index contributed by atoms with van der Waals surface area (Å²) in [5, 5.41) is 0. The summed E-state index contributed by atoms with van der Waals surface area (Å²) in [6, 6.07) is 3.15. The Morgan fingerprint density at radius 1 is 1.38 bits per heavy atom. The van der Waals surface area contributed by atoms with E-state index in [2.05, 4.69) is 10.3 Å². The largest absolute Gasteiger partial charge is 0.305 e. The average Bonchev–Trinajstić information content (AvgIpc) is 2.04. The van der Waals surface area contributed by atoms with Crippen molar-refractivity contribution in [3.05, 3.63) is 35.4 Å². The second-order valence-electron chi connectivity index (χ2n) is 2.71. The molecule has 4 heteroatoms. The number of nitrogens with one attached hydrogen (secondary N) is 1. The topological polar surface area (TPSA) is 21.3 Å². The Morgan fingerprint density at radius 2 is 2.08 bits per heavy atom. The molecular formula is C9H11F2NO. The fourth-order valence-corrected chi connectivity index (χ4v) is 1.09. The molecule has 0 aliphatic carbocycles. The first-order valence-corrected chi connectivity index (χ1v) is 3.88.